The van der Waals surface area contributed by atoms with Crippen LogP contribution in [0.25, 0.3) is 21.0 Å². The van der Waals surface area contributed by atoms with E-state index >= 15 is 0 Å². The van der Waals surface area contributed by atoms with Crippen molar-refractivity contribution < 1.29 is 14.2 Å². The Hall–Kier alpha value is -3.62. The summed E-state index contributed by atoms with van der Waals surface area (Å²) in [7, 11) is 0. The summed E-state index contributed by atoms with van der Waals surface area (Å²) in [4.78, 5) is 14.0. The molecule has 6 rings (SSSR count). The number of anilines is 2. The first-order valence-electron chi connectivity index (χ1n) is 12.3. The minimum absolute atomic E-state index is 0.277. The second-order valence-electron chi connectivity index (χ2n) is 9.00. The molecule has 4 heterocycles. The van der Waals surface area contributed by atoms with E-state index in [4.69, 9.17) is 19.2 Å². The second-order valence-corrected chi connectivity index (χ2v) is 10.1. The van der Waals surface area contributed by atoms with E-state index in [9.17, 15) is 0 Å². The number of fused-ring (bicyclic) bond motifs is 1. The van der Waals surface area contributed by atoms with Crippen LogP contribution in [0.15, 0.2) is 60.8 Å². The highest BCUT2D eigenvalue weighted by Crippen LogP contribution is 2.40. The smallest absolute Gasteiger partial charge is 0.231 e. The van der Waals surface area contributed by atoms with Gasteiger partial charge < -0.3 is 19.5 Å². The summed E-state index contributed by atoms with van der Waals surface area (Å²) in [5.74, 6) is 3.02. The van der Waals surface area contributed by atoms with E-state index in [1.54, 1.807) is 11.3 Å². The molecule has 1 fully saturated rings. The molecule has 8 heteroatoms. The van der Waals surface area contributed by atoms with E-state index in [1.165, 1.54) is 25.9 Å². The summed E-state index contributed by atoms with van der Waals surface area (Å²) >= 11 is 1.70. The van der Waals surface area contributed by atoms with Gasteiger partial charge in [0.25, 0.3) is 0 Å². The normalized spacial score (nSPS) is 14.8. The van der Waals surface area contributed by atoms with E-state index in [0.29, 0.717) is 12.6 Å². The van der Waals surface area contributed by atoms with Gasteiger partial charge in [0.05, 0.1) is 10.6 Å². The van der Waals surface area contributed by atoms with Crippen molar-refractivity contribution in [1.82, 2.24) is 14.9 Å². The fourth-order valence-corrected chi connectivity index (χ4v) is 5.54. The molecular weight excluding hydrogens is 472 g/mol. The molecule has 0 amide bonds. The molecular formula is C28H28N4O3S. The third kappa shape index (κ3) is 5.01. The van der Waals surface area contributed by atoms with Crippen LogP contribution < -0.4 is 19.5 Å². The fraction of sp³-hybridized carbons (Fsp3) is 0.286. The molecule has 1 saturated heterocycles. The highest BCUT2D eigenvalue weighted by Gasteiger charge is 2.16. The maximum absolute atomic E-state index is 5.91. The number of hydrogen-bond donors (Lipinski definition) is 1. The Morgan fingerprint density at radius 3 is 2.64 bits per heavy atom. The second kappa shape index (κ2) is 10.2. The number of nitrogens with one attached hydrogen (secondary N) is 1. The number of benzene rings is 2. The molecule has 36 heavy (non-hydrogen) atoms. The fourth-order valence-electron chi connectivity index (χ4n) is 4.48. The van der Waals surface area contributed by atoms with E-state index in [1.807, 2.05) is 49.5 Å². The van der Waals surface area contributed by atoms with Crippen molar-refractivity contribution in [1.29, 1.82) is 0 Å². The first-order chi connectivity index (χ1) is 17.7. The van der Waals surface area contributed by atoms with Crippen molar-refractivity contribution in [3.8, 4) is 38.3 Å². The molecule has 2 aliphatic heterocycles. The molecule has 0 aliphatic carbocycles. The van der Waals surface area contributed by atoms with Gasteiger partial charge in [0.15, 0.2) is 11.5 Å². The van der Waals surface area contributed by atoms with Gasteiger partial charge in [-0.25, -0.2) is 9.97 Å². The molecule has 0 radical (unpaired) electrons. The highest BCUT2D eigenvalue weighted by atomic mass is 32.1. The van der Waals surface area contributed by atoms with Crippen LogP contribution in [0.3, 0.4) is 0 Å². The van der Waals surface area contributed by atoms with E-state index in [0.717, 1.165) is 56.1 Å². The lowest BCUT2D eigenvalue weighted by Gasteiger charge is -2.15. The number of hydrogen-bond acceptors (Lipinski definition) is 8. The number of aromatic nitrogens is 2. The first kappa shape index (κ1) is 22.8. The molecule has 184 valence electrons. The predicted octanol–water partition coefficient (Wildman–Crippen LogP) is 6.13. The van der Waals surface area contributed by atoms with Gasteiger partial charge in [-0.2, -0.15) is 0 Å². The molecule has 2 aromatic heterocycles. The molecule has 0 saturated carbocycles. The molecule has 2 aliphatic rings. The average molecular weight is 501 g/mol. The van der Waals surface area contributed by atoms with Gasteiger partial charge in [0.1, 0.15) is 12.4 Å². The Morgan fingerprint density at radius 1 is 0.972 bits per heavy atom. The quantitative estimate of drug-likeness (QED) is 0.312. The van der Waals surface area contributed by atoms with Crippen molar-refractivity contribution in [2.75, 3.05) is 38.4 Å². The zero-order valence-corrected chi connectivity index (χ0v) is 21.0. The molecule has 4 aromatic rings. The monoisotopic (exact) mass is 500 g/mol. The van der Waals surface area contributed by atoms with Crippen molar-refractivity contribution in [2.45, 2.75) is 19.8 Å². The number of nitrogens with zero attached hydrogens (tertiary/aromatic N) is 3. The van der Waals surface area contributed by atoms with Gasteiger partial charge in [-0.15, -0.1) is 11.3 Å². The van der Waals surface area contributed by atoms with Gasteiger partial charge in [0.2, 0.25) is 12.7 Å². The van der Waals surface area contributed by atoms with E-state index in [-0.39, 0.29) is 6.79 Å². The summed E-state index contributed by atoms with van der Waals surface area (Å²) in [6.45, 7) is 6.39. The van der Waals surface area contributed by atoms with Gasteiger partial charge in [-0.3, -0.25) is 4.90 Å². The maximum Gasteiger partial charge on any atom is 0.231 e. The number of aryl methyl sites for hydroxylation is 1. The highest BCUT2D eigenvalue weighted by molar-refractivity contribution is 7.18. The van der Waals surface area contributed by atoms with Crippen molar-refractivity contribution in [2.24, 2.45) is 0 Å². The molecule has 0 spiro atoms. The molecule has 7 nitrogen and oxygen atoms in total. The zero-order valence-electron chi connectivity index (χ0n) is 20.2. The minimum atomic E-state index is 0.277. The topological polar surface area (TPSA) is 68.7 Å². The van der Waals surface area contributed by atoms with Crippen LogP contribution in [0.2, 0.25) is 0 Å². The Balaban J connectivity index is 1.13. The predicted molar refractivity (Wildman–Crippen MR) is 143 cm³/mol. The first-order valence-corrected chi connectivity index (χ1v) is 13.1. The maximum atomic E-state index is 5.91. The van der Waals surface area contributed by atoms with Gasteiger partial charge in [0, 0.05) is 23.3 Å². The van der Waals surface area contributed by atoms with Crippen molar-refractivity contribution >= 4 is 23.0 Å². The molecule has 0 atom stereocenters. The van der Waals surface area contributed by atoms with Crippen LogP contribution in [-0.4, -0.2) is 47.9 Å². The van der Waals surface area contributed by atoms with Crippen LogP contribution >= 0.6 is 11.3 Å². The minimum Gasteiger partial charge on any atom is -0.492 e. The number of ether oxygens (including phenoxy) is 3. The van der Waals surface area contributed by atoms with Crippen LogP contribution in [0, 0.1) is 6.92 Å². The molecule has 1 N–H and O–H groups in total. The van der Waals surface area contributed by atoms with Gasteiger partial charge in [-0.1, -0.05) is 0 Å². The third-order valence-corrected chi connectivity index (χ3v) is 7.59. The van der Waals surface area contributed by atoms with Crippen LogP contribution in [-0.2, 0) is 0 Å². The number of likely N-dealkylation sites (tertiary alicyclic amines) is 1. The number of thiophene rings is 1. The Kier molecular flexibility index (Phi) is 6.44. The average Bonchev–Trinajstić information content (AvgIpc) is 3.68. The standard InChI is InChI=1S/C28H28N4O3S/c1-19-17-29-28(30-21-5-7-22(8-6-21)33-15-14-32-12-2-3-13-32)31-27(19)26-11-10-25(36-26)20-4-9-23-24(16-20)35-18-34-23/h4-11,16-17H,2-3,12-15,18H2,1H3,(H,29,30,31). The lowest BCUT2D eigenvalue weighted by Crippen LogP contribution is -2.25. The molecule has 2 aromatic carbocycles. The van der Waals surface area contributed by atoms with Crippen LogP contribution in [0.5, 0.6) is 17.2 Å². The lowest BCUT2D eigenvalue weighted by atomic mass is 10.1. The summed E-state index contributed by atoms with van der Waals surface area (Å²) in [5.41, 5.74) is 3.97. The Labute approximate surface area is 214 Å². The van der Waals surface area contributed by atoms with Crippen LogP contribution in [0.1, 0.15) is 18.4 Å². The van der Waals surface area contributed by atoms with E-state index < -0.39 is 0 Å². The Morgan fingerprint density at radius 2 is 1.78 bits per heavy atom. The largest absolute Gasteiger partial charge is 0.492 e. The lowest BCUT2D eigenvalue weighted by molar-refractivity contribution is 0.174. The summed E-state index contributed by atoms with van der Waals surface area (Å²) in [6, 6.07) is 18.2. The SMILES string of the molecule is Cc1cnc(Nc2ccc(OCCN3CCCC3)cc2)nc1-c1ccc(-c2ccc3c(c2)OCO3)s1. The third-order valence-electron chi connectivity index (χ3n) is 6.45. The number of rotatable bonds is 8. The van der Waals surface area contributed by atoms with Crippen molar-refractivity contribution in [3.05, 3.63) is 66.4 Å². The van der Waals surface area contributed by atoms with Crippen molar-refractivity contribution in [3.63, 3.8) is 0 Å². The summed E-state index contributed by atoms with van der Waals surface area (Å²) in [6.07, 6.45) is 4.47. The molecule has 0 bridgehead atoms. The van der Waals surface area contributed by atoms with Gasteiger partial charge in [-0.05, 0) is 98.6 Å². The van der Waals surface area contributed by atoms with E-state index in [2.05, 4.69) is 33.4 Å². The summed E-state index contributed by atoms with van der Waals surface area (Å²) in [5, 5.41) is 3.32. The van der Waals surface area contributed by atoms with Gasteiger partial charge >= 0.3 is 0 Å². The summed E-state index contributed by atoms with van der Waals surface area (Å²) < 4.78 is 16.9. The zero-order chi connectivity index (χ0) is 24.3. The molecule has 0 unspecified atom stereocenters. The Bertz CT molecular complexity index is 1350. The van der Waals surface area contributed by atoms with Crippen LogP contribution in [0.4, 0.5) is 11.6 Å².